The maximum Gasteiger partial charge on any atom is 0.254 e. The molecule has 2 rings (SSSR count). The van der Waals surface area contributed by atoms with Gasteiger partial charge in [-0.25, -0.2) is 8.78 Å². The Bertz CT molecular complexity index is 799. The molecule has 0 aliphatic carbocycles. The van der Waals surface area contributed by atoms with Crippen LogP contribution in [0.3, 0.4) is 0 Å². The molecule has 1 unspecified atom stereocenters. The number of hydrogen-bond acceptors (Lipinski definition) is 2. The predicted octanol–water partition coefficient (Wildman–Crippen LogP) is 4.11. The first kappa shape index (κ1) is 20.0. The summed E-state index contributed by atoms with van der Waals surface area (Å²) >= 11 is 3.45. The van der Waals surface area contributed by atoms with Gasteiger partial charge in [0.1, 0.15) is 11.6 Å². The molecule has 2 amide bonds. The van der Waals surface area contributed by atoms with Crippen molar-refractivity contribution in [3.8, 4) is 0 Å². The Hall–Kier alpha value is -2.28. The second-order valence-corrected chi connectivity index (χ2v) is 6.65. The van der Waals surface area contributed by atoms with Crippen molar-refractivity contribution in [2.75, 3.05) is 6.54 Å². The maximum atomic E-state index is 13.5. The van der Waals surface area contributed by atoms with Gasteiger partial charge in [-0.3, -0.25) is 9.59 Å². The molecule has 0 saturated heterocycles. The molecule has 2 aromatic carbocycles. The molecule has 7 heteroatoms. The van der Waals surface area contributed by atoms with Crippen molar-refractivity contribution in [1.82, 2.24) is 10.6 Å². The Kier molecular flexibility index (Phi) is 7.26. The molecule has 138 valence electrons. The normalized spacial score (nSPS) is 11.7. The van der Waals surface area contributed by atoms with Gasteiger partial charge in [-0.2, -0.15) is 0 Å². The van der Waals surface area contributed by atoms with Crippen LogP contribution in [-0.4, -0.2) is 18.4 Å². The molecule has 0 aliphatic heterocycles. The zero-order valence-corrected chi connectivity index (χ0v) is 15.8. The van der Waals surface area contributed by atoms with Gasteiger partial charge in [0.15, 0.2) is 0 Å². The minimum absolute atomic E-state index is 0.143. The average Bonchev–Trinajstić information content (AvgIpc) is 2.58. The highest BCUT2D eigenvalue weighted by atomic mass is 79.9. The van der Waals surface area contributed by atoms with E-state index < -0.39 is 17.5 Å². The highest BCUT2D eigenvalue weighted by Crippen LogP contribution is 2.22. The summed E-state index contributed by atoms with van der Waals surface area (Å²) in [6.45, 7) is 2.10. The van der Waals surface area contributed by atoms with Crippen molar-refractivity contribution in [3.63, 3.8) is 0 Å². The van der Waals surface area contributed by atoms with Gasteiger partial charge in [-0.1, -0.05) is 34.1 Å². The Labute approximate surface area is 159 Å². The first-order chi connectivity index (χ1) is 12.4. The summed E-state index contributed by atoms with van der Waals surface area (Å²) in [5.74, 6) is -2.43. The van der Waals surface area contributed by atoms with Crippen molar-refractivity contribution in [1.29, 1.82) is 0 Å². The molecule has 0 fully saturated rings. The largest absolute Gasteiger partial charge is 0.352 e. The molecule has 0 heterocycles. The van der Waals surface area contributed by atoms with E-state index in [1.165, 1.54) is 0 Å². The molecule has 0 spiro atoms. The second-order valence-electron chi connectivity index (χ2n) is 5.79. The van der Waals surface area contributed by atoms with Crippen LogP contribution < -0.4 is 10.6 Å². The van der Waals surface area contributed by atoms with Crippen molar-refractivity contribution in [2.45, 2.75) is 25.8 Å². The van der Waals surface area contributed by atoms with Crippen molar-refractivity contribution in [2.24, 2.45) is 0 Å². The summed E-state index contributed by atoms with van der Waals surface area (Å²) in [5, 5.41) is 5.41. The molecule has 2 N–H and O–H groups in total. The van der Waals surface area contributed by atoms with E-state index in [9.17, 15) is 18.4 Å². The SMILES string of the molecule is CC(NC(=O)CCCNC(=O)c1ccc(F)cc1F)c1ccccc1Br. The highest BCUT2D eigenvalue weighted by Gasteiger charge is 2.13. The van der Waals surface area contributed by atoms with Gasteiger partial charge in [0.2, 0.25) is 5.91 Å². The van der Waals surface area contributed by atoms with Gasteiger partial charge < -0.3 is 10.6 Å². The zero-order chi connectivity index (χ0) is 19.1. The van der Waals surface area contributed by atoms with E-state index in [-0.39, 0.29) is 30.5 Å². The fourth-order valence-electron chi connectivity index (χ4n) is 2.44. The van der Waals surface area contributed by atoms with Crippen LogP contribution in [0.15, 0.2) is 46.9 Å². The molecular formula is C19H19BrF2N2O2. The van der Waals surface area contributed by atoms with Gasteiger partial charge >= 0.3 is 0 Å². The fraction of sp³-hybridized carbons (Fsp3) is 0.263. The molecule has 26 heavy (non-hydrogen) atoms. The third kappa shape index (κ3) is 5.62. The molecule has 0 saturated carbocycles. The predicted molar refractivity (Wildman–Crippen MR) is 98.6 cm³/mol. The lowest BCUT2D eigenvalue weighted by molar-refractivity contribution is -0.121. The van der Waals surface area contributed by atoms with Crippen molar-refractivity contribution in [3.05, 3.63) is 69.7 Å². The molecule has 0 aromatic heterocycles. The van der Waals surface area contributed by atoms with Gasteiger partial charge in [0, 0.05) is 23.5 Å². The average molecular weight is 425 g/mol. The van der Waals surface area contributed by atoms with E-state index in [2.05, 4.69) is 26.6 Å². The Morgan fingerprint density at radius 3 is 2.58 bits per heavy atom. The minimum Gasteiger partial charge on any atom is -0.352 e. The van der Waals surface area contributed by atoms with Gasteiger partial charge in [0.25, 0.3) is 5.91 Å². The number of amides is 2. The summed E-state index contributed by atoms with van der Waals surface area (Å²) in [6.07, 6.45) is 0.629. The Morgan fingerprint density at radius 2 is 1.88 bits per heavy atom. The Balaban J connectivity index is 1.74. The highest BCUT2D eigenvalue weighted by molar-refractivity contribution is 9.10. The molecule has 1 atom stereocenters. The third-order valence-corrected chi connectivity index (χ3v) is 4.51. The maximum absolute atomic E-state index is 13.5. The quantitative estimate of drug-likeness (QED) is 0.656. The number of nitrogens with one attached hydrogen (secondary N) is 2. The third-order valence-electron chi connectivity index (χ3n) is 3.79. The number of halogens is 3. The summed E-state index contributed by atoms with van der Waals surface area (Å²) in [4.78, 5) is 23.8. The van der Waals surface area contributed by atoms with Crippen LogP contribution in [0.1, 0.15) is 41.7 Å². The smallest absolute Gasteiger partial charge is 0.254 e. The van der Waals surface area contributed by atoms with Crippen LogP contribution >= 0.6 is 15.9 Å². The Morgan fingerprint density at radius 1 is 1.15 bits per heavy atom. The monoisotopic (exact) mass is 424 g/mol. The van der Waals surface area contributed by atoms with Gasteiger partial charge in [0.05, 0.1) is 11.6 Å². The number of benzene rings is 2. The lowest BCUT2D eigenvalue weighted by atomic mass is 10.1. The van der Waals surface area contributed by atoms with Crippen molar-refractivity contribution < 1.29 is 18.4 Å². The van der Waals surface area contributed by atoms with E-state index in [1.54, 1.807) is 0 Å². The molecule has 0 aliphatic rings. The van der Waals surface area contributed by atoms with Crippen LogP contribution in [0.25, 0.3) is 0 Å². The van der Waals surface area contributed by atoms with E-state index in [4.69, 9.17) is 0 Å². The van der Waals surface area contributed by atoms with E-state index in [0.717, 1.165) is 22.2 Å². The molecule has 4 nitrogen and oxygen atoms in total. The van der Waals surface area contributed by atoms with Crippen LogP contribution in [0.2, 0.25) is 0 Å². The molecule has 2 aromatic rings. The van der Waals surface area contributed by atoms with E-state index in [1.807, 2.05) is 31.2 Å². The standard InChI is InChI=1S/C19H19BrF2N2O2/c1-12(14-5-2-3-6-16(14)20)24-18(25)7-4-10-23-19(26)15-9-8-13(21)11-17(15)22/h2-3,5-6,8-9,11-12H,4,7,10H2,1H3,(H,23,26)(H,24,25). The van der Waals surface area contributed by atoms with Gasteiger partial charge in [-0.15, -0.1) is 0 Å². The topological polar surface area (TPSA) is 58.2 Å². The van der Waals surface area contributed by atoms with Crippen molar-refractivity contribution >= 4 is 27.7 Å². The fourth-order valence-corrected chi connectivity index (χ4v) is 3.07. The molecular weight excluding hydrogens is 406 g/mol. The number of carbonyl (C=O) groups is 2. The first-order valence-corrected chi connectivity index (χ1v) is 8.95. The van der Waals surface area contributed by atoms with Crippen LogP contribution in [0.5, 0.6) is 0 Å². The first-order valence-electron chi connectivity index (χ1n) is 8.15. The zero-order valence-electron chi connectivity index (χ0n) is 14.2. The van der Waals surface area contributed by atoms with Crippen LogP contribution in [-0.2, 0) is 4.79 Å². The number of carbonyl (C=O) groups excluding carboxylic acids is 2. The van der Waals surface area contributed by atoms with E-state index in [0.29, 0.717) is 12.5 Å². The summed E-state index contributed by atoms with van der Waals surface area (Å²) in [7, 11) is 0. The lowest BCUT2D eigenvalue weighted by Crippen LogP contribution is -2.29. The summed E-state index contributed by atoms with van der Waals surface area (Å²) in [5.41, 5.74) is 0.749. The van der Waals surface area contributed by atoms with Gasteiger partial charge in [-0.05, 0) is 37.1 Å². The minimum atomic E-state index is -0.914. The molecule has 0 bridgehead atoms. The number of hydrogen-bond donors (Lipinski definition) is 2. The number of rotatable bonds is 7. The van der Waals surface area contributed by atoms with E-state index >= 15 is 0 Å². The molecule has 0 radical (unpaired) electrons. The van der Waals surface area contributed by atoms with Crippen LogP contribution in [0, 0.1) is 11.6 Å². The summed E-state index contributed by atoms with van der Waals surface area (Å²) < 4.78 is 27.3. The van der Waals surface area contributed by atoms with Crippen LogP contribution in [0.4, 0.5) is 8.78 Å². The second kappa shape index (κ2) is 9.43. The lowest BCUT2D eigenvalue weighted by Gasteiger charge is -2.16. The summed E-state index contributed by atoms with van der Waals surface area (Å²) in [6, 6.07) is 10.2.